The van der Waals surface area contributed by atoms with Gasteiger partial charge in [-0.2, -0.15) is 0 Å². The van der Waals surface area contributed by atoms with Gasteiger partial charge in [0.25, 0.3) is 0 Å². The smallest absolute Gasteiger partial charge is 0.222 e. The van der Waals surface area contributed by atoms with Crippen molar-refractivity contribution < 1.29 is 0 Å². The molecular weight excluding hydrogens is 136 g/mol. The minimum Gasteiger partial charge on any atom is -0.226 e. The monoisotopic (exact) mass is 141 g/mol. The average Bonchev–Trinajstić information content (AvgIpc) is 1.80. The molecule has 0 amide bonds. The molecule has 0 aliphatic heterocycles. The Kier molecular flexibility index (Phi) is 1.67. The highest BCUT2D eigenvalue weighted by Crippen LogP contribution is 2.04. The second kappa shape index (κ2) is 2.31. The van der Waals surface area contributed by atoms with Gasteiger partial charge in [-0.15, -0.1) is 0 Å². The van der Waals surface area contributed by atoms with E-state index in [-0.39, 0.29) is 5.28 Å². The van der Waals surface area contributed by atoms with Gasteiger partial charge in [0.2, 0.25) is 5.28 Å². The number of nitrogens with zero attached hydrogens (tertiary/aromatic N) is 2. The Morgan fingerprint density at radius 1 is 1.67 bits per heavy atom. The van der Waals surface area contributed by atoms with E-state index in [9.17, 15) is 0 Å². The van der Waals surface area contributed by atoms with Gasteiger partial charge in [0, 0.05) is 11.9 Å². The Balaban J connectivity index is 3.17. The Labute approximate surface area is 58.9 Å². The van der Waals surface area contributed by atoms with Crippen molar-refractivity contribution in [3.05, 3.63) is 29.7 Å². The first kappa shape index (κ1) is 6.49. The molecule has 0 N–H and O–H groups in total. The first-order valence-electron chi connectivity index (χ1n) is 2.51. The number of rotatable bonds is 0. The standard InChI is InChI=1S/C6H6ClN2/c1-4-3-8-6(7)9-5(4)2/h3H,2H2,1H3. The maximum atomic E-state index is 5.45. The number of aromatic nitrogens is 2. The van der Waals surface area contributed by atoms with E-state index in [2.05, 4.69) is 16.9 Å². The summed E-state index contributed by atoms with van der Waals surface area (Å²) in [4.78, 5) is 7.57. The lowest BCUT2D eigenvalue weighted by Crippen LogP contribution is -1.88. The van der Waals surface area contributed by atoms with Crippen molar-refractivity contribution in [2.45, 2.75) is 6.92 Å². The van der Waals surface area contributed by atoms with Crippen LogP contribution >= 0.6 is 11.6 Å². The molecule has 0 aromatic carbocycles. The molecule has 47 valence electrons. The summed E-state index contributed by atoms with van der Waals surface area (Å²) in [5.41, 5.74) is 1.65. The topological polar surface area (TPSA) is 25.8 Å². The zero-order valence-electron chi connectivity index (χ0n) is 5.06. The van der Waals surface area contributed by atoms with Crippen molar-refractivity contribution in [1.82, 2.24) is 9.97 Å². The quantitative estimate of drug-likeness (QED) is 0.513. The van der Waals surface area contributed by atoms with E-state index in [1.807, 2.05) is 6.92 Å². The molecule has 0 aliphatic rings. The minimum absolute atomic E-state index is 0.255. The maximum absolute atomic E-state index is 5.45. The van der Waals surface area contributed by atoms with Gasteiger partial charge in [-0.25, -0.2) is 9.97 Å². The van der Waals surface area contributed by atoms with Gasteiger partial charge in [0.1, 0.15) is 0 Å². The summed E-state index contributed by atoms with van der Waals surface area (Å²) < 4.78 is 0. The third kappa shape index (κ3) is 1.39. The van der Waals surface area contributed by atoms with Crippen LogP contribution in [0, 0.1) is 13.8 Å². The lowest BCUT2D eigenvalue weighted by molar-refractivity contribution is 1.10. The van der Waals surface area contributed by atoms with Crippen LogP contribution in [0.5, 0.6) is 0 Å². The fourth-order valence-corrected chi connectivity index (χ4v) is 0.604. The van der Waals surface area contributed by atoms with E-state index >= 15 is 0 Å². The van der Waals surface area contributed by atoms with E-state index in [0.717, 1.165) is 5.56 Å². The van der Waals surface area contributed by atoms with Crippen LogP contribution in [0.15, 0.2) is 6.20 Å². The minimum atomic E-state index is 0.255. The first-order chi connectivity index (χ1) is 4.20. The van der Waals surface area contributed by atoms with Crippen molar-refractivity contribution >= 4 is 11.6 Å². The first-order valence-corrected chi connectivity index (χ1v) is 2.89. The van der Waals surface area contributed by atoms with Gasteiger partial charge in [0.15, 0.2) is 0 Å². The summed E-state index contributed by atoms with van der Waals surface area (Å²) in [7, 11) is 0. The second-order valence-electron chi connectivity index (χ2n) is 1.77. The molecule has 1 heterocycles. The van der Waals surface area contributed by atoms with Crippen LogP contribution in [-0.2, 0) is 0 Å². The van der Waals surface area contributed by atoms with Crippen LogP contribution < -0.4 is 0 Å². The SMILES string of the molecule is [CH2]c1nc(Cl)ncc1C. The normalized spacial score (nSPS) is 9.67. The summed E-state index contributed by atoms with van der Waals surface area (Å²) >= 11 is 5.45. The molecule has 9 heavy (non-hydrogen) atoms. The van der Waals surface area contributed by atoms with Crippen molar-refractivity contribution in [3.8, 4) is 0 Å². The van der Waals surface area contributed by atoms with Crippen LogP contribution in [0.3, 0.4) is 0 Å². The number of halogens is 1. The maximum Gasteiger partial charge on any atom is 0.222 e. The summed E-state index contributed by atoms with van der Waals surface area (Å²) in [5.74, 6) is 0. The molecule has 0 atom stereocenters. The summed E-state index contributed by atoms with van der Waals surface area (Å²) in [6.45, 7) is 5.53. The number of hydrogen-bond donors (Lipinski definition) is 0. The highest BCUT2D eigenvalue weighted by Gasteiger charge is 1.93. The third-order valence-electron chi connectivity index (χ3n) is 1.05. The summed E-state index contributed by atoms with van der Waals surface area (Å²) in [6, 6.07) is 0. The molecule has 0 unspecified atom stereocenters. The summed E-state index contributed by atoms with van der Waals surface area (Å²) in [6.07, 6.45) is 1.65. The van der Waals surface area contributed by atoms with Crippen LogP contribution in [0.1, 0.15) is 11.3 Å². The van der Waals surface area contributed by atoms with Gasteiger partial charge >= 0.3 is 0 Å². The van der Waals surface area contributed by atoms with Gasteiger partial charge in [-0.1, -0.05) is 0 Å². The van der Waals surface area contributed by atoms with Crippen molar-refractivity contribution in [1.29, 1.82) is 0 Å². The Morgan fingerprint density at radius 2 is 2.33 bits per heavy atom. The Bertz CT molecular complexity index is 222. The van der Waals surface area contributed by atoms with Gasteiger partial charge in [-0.3, -0.25) is 0 Å². The molecule has 0 aliphatic carbocycles. The molecule has 1 rings (SSSR count). The van der Waals surface area contributed by atoms with Crippen molar-refractivity contribution in [3.63, 3.8) is 0 Å². The summed E-state index contributed by atoms with van der Waals surface area (Å²) in [5, 5.41) is 0.255. The highest BCUT2D eigenvalue weighted by molar-refractivity contribution is 6.28. The van der Waals surface area contributed by atoms with Gasteiger partial charge in [0.05, 0.1) is 0 Å². The lowest BCUT2D eigenvalue weighted by atomic mass is 10.3. The molecule has 0 spiro atoms. The third-order valence-corrected chi connectivity index (χ3v) is 1.23. The predicted octanol–water partition coefficient (Wildman–Crippen LogP) is 1.62. The van der Waals surface area contributed by atoms with Crippen LogP contribution in [0.2, 0.25) is 5.28 Å². The molecule has 0 bridgehead atoms. The van der Waals surface area contributed by atoms with Crippen molar-refractivity contribution in [2.24, 2.45) is 0 Å². The van der Waals surface area contributed by atoms with Crippen LogP contribution in [-0.4, -0.2) is 9.97 Å². The average molecular weight is 142 g/mol. The molecule has 0 saturated heterocycles. The lowest BCUT2D eigenvalue weighted by Gasteiger charge is -1.94. The van der Waals surface area contributed by atoms with Crippen molar-refractivity contribution in [2.75, 3.05) is 0 Å². The number of aryl methyl sites for hydroxylation is 1. The molecule has 1 aromatic rings. The number of hydrogen-bond acceptors (Lipinski definition) is 2. The molecule has 3 heteroatoms. The largest absolute Gasteiger partial charge is 0.226 e. The molecular formula is C6H6ClN2. The molecule has 2 nitrogen and oxygen atoms in total. The van der Waals surface area contributed by atoms with E-state index in [1.165, 1.54) is 0 Å². The van der Waals surface area contributed by atoms with Gasteiger partial charge < -0.3 is 0 Å². The van der Waals surface area contributed by atoms with Crippen LogP contribution in [0.25, 0.3) is 0 Å². The Morgan fingerprint density at radius 3 is 2.78 bits per heavy atom. The zero-order valence-corrected chi connectivity index (χ0v) is 5.81. The van der Waals surface area contributed by atoms with E-state index in [4.69, 9.17) is 11.6 Å². The zero-order chi connectivity index (χ0) is 6.85. The highest BCUT2D eigenvalue weighted by atomic mass is 35.5. The predicted molar refractivity (Wildman–Crippen MR) is 36.2 cm³/mol. The molecule has 1 radical (unpaired) electrons. The fourth-order valence-electron chi connectivity index (χ4n) is 0.453. The molecule has 0 saturated carbocycles. The Hall–Kier alpha value is -0.630. The fraction of sp³-hybridized carbons (Fsp3) is 0.167. The van der Waals surface area contributed by atoms with Crippen LogP contribution in [0.4, 0.5) is 0 Å². The van der Waals surface area contributed by atoms with E-state index in [1.54, 1.807) is 6.20 Å². The molecule has 0 fully saturated rings. The molecule has 1 aromatic heterocycles. The second-order valence-corrected chi connectivity index (χ2v) is 2.11. The van der Waals surface area contributed by atoms with E-state index < -0.39 is 0 Å². The van der Waals surface area contributed by atoms with Gasteiger partial charge in [-0.05, 0) is 31.0 Å². The van der Waals surface area contributed by atoms with E-state index in [0.29, 0.717) is 5.69 Å².